The molecule has 0 amide bonds. The van der Waals surface area contributed by atoms with Crippen LogP contribution in [0.15, 0.2) is 24.3 Å². The van der Waals surface area contributed by atoms with E-state index in [1.807, 2.05) is 45.0 Å². The topological polar surface area (TPSA) is 29.5 Å². The van der Waals surface area contributed by atoms with Gasteiger partial charge in [-0.15, -0.1) is 0 Å². The molecule has 0 saturated carbocycles. The number of hydrogen-bond acceptors (Lipinski definition) is 2. The molecule has 0 bridgehead atoms. The summed E-state index contributed by atoms with van der Waals surface area (Å²) in [4.78, 5) is 0. The number of rotatable bonds is 4. The van der Waals surface area contributed by atoms with Crippen molar-refractivity contribution < 1.29 is 9.84 Å². The van der Waals surface area contributed by atoms with E-state index in [0.717, 1.165) is 5.56 Å². The van der Waals surface area contributed by atoms with Crippen molar-refractivity contribution >= 4 is 0 Å². The lowest BCUT2D eigenvalue weighted by Crippen LogP contribution is -2.36. The lowest BCUT2D eigenvalue weighted by Gasteiger charge is -2.32. The molecular formula is C13H20O2. The van der Waals surface area contributed by atoms with Crippen molar-refractivity contribution in [3.8, 4) is 0 Å². The Morgan fingerprint density at radius 2 is 1.80 bits per heavy atom. The Hall–Kier alpha value is -0.860. The van der Waals surface area contributed by atoms with Gasteiger partial charge >= 0.3 is 0 Å². The minimum Gasteiger partial charge on any atom is -0.382 e. The van der Waals surface area contributed by atoms with Crippen molar-refractivity contribution in [2.45, 2.75) is 26.4 Å². The fourth-order valence-corrected chi connectivity index (χ4v) is 1.65. The van der Waals surface area contributed by atoms with E-state index in [0.29, 0.717) is 6.61 Å². The smallest absolute Gasteiger partial charge is 0.115 e. The summed E-state index contributed by atoms with van der Waals surface area (Å²) < 4.78 is 5.10. The Kier molecular flexibility index (Phi) is 3.89. The molecule has 0 aliphatic carbocycles. The lowest BCUT2D eigenvalue weighted by molar-refractivity contribution is -0.0700. The van der Waals surface area contributed by atoms with Crippen LogP contribution in [0.5, 0.6) is 0 Å². The molecule has 0 aliphatic rings. The molecule has 0 spiro atoms. The molecule has 1 aromatic rings. The summed E-state index contributed by atoms with van der Waals surface area (Å²) in [6.07, 6.45) is 0. The summed E-state index contributed by atoms with van der Waals surface area (Å²) in [5.41, 5.74) is 1.23. The van der Waals surface area contributed by atoms with Gasteiger partial charge in [0.15, 0.2) is 0 Å². The minimum absolute atomic E-state index is 0.125. The Labute approximate surface area is 91.9 Å². The van der Waals surface area contributed by atoms with Gasteiger partial charge in [-0.3, -0.25) is 0 Å². The average Bonchev–Trinajstić information content (AvgIpc) is 2.18. The SMILES string of the molecule is COCC(O)(c1ccc(C)cc1)C(C)C. The first-order valence-electron chi connectivity index (χ1n) is 5.29. The Morgan fingerprint density at radius 1 is 1.27 bits per heavy atom. The number of hydrogen-bond donors (Lipinski definition) is 1. The molecule has 15 heavy (non-hydrogen) atoms. The number of ether oxygens (including phenoxy) is 1. The van der Waals surface area contributed by atoms with Gasteiger partial charge in [-0.05, 0) is 18.4 Å². The van der Waals surface area contributed by atoms with Gasteiger partial charge in [0.1, 0.15) is 5.60 Å². The molecule has 84 valence electrons. The molecule has 0 saturated heterocycles. The van der Waals surface area contributed by atoms with Gasteiger partial charge in [0.25, 0.3) is 0 Å². The molecule has 1 rings (SSSR count). The highest BCUT2D eigenvalue weighted by molar-refractivity contribution is 5.27. The van der Waals surface area contributed by atoms with Crippen LogP contribution >= 0.6 is 0 Å². The zero-order valence-corrected chi connectivity index (χ0v) is 9.95. The summed E-state index contributed by atoms with van der Waals surface area (Å²) >= 11 is 0. The molecule has 2 nitrogen and oxygen atoms in total. The maximum atomic E-state index is 10.5. The van der Waals surface area contributed by atoms with Gasteiger partial charge < -0.3 is 9.84 Å². The molecule has 2 heteroatoms. The largest absolute Gasteiger partial charge is 0.382 e. The van der Waals surface area contributed by atoms with Crippen LogP contribution in [0.2, 0.25) is 0 Å². The molecule has 1 aromatic carbocycles. The molecule has 0 aromatic heterocycles. The van der Waals surface area contributed by atoms with Gasteiger partial charge in [0, 0.05) is 7.11 Å². The Bertz CT molecular complexity index is 303. The van der Waals surface area contributed by atoms with Crippen LogP contribution in [0.4, 0.5) is 0 Å². The van der Waals surface area contributed by atoms with Crippen LogP contribution in [0.1, 0.15) is 25.0 Å². The van der Waals surface area contributed by atoms with Crippen LogP contribution in [0, 0.1) is 12.8 Å². The van der Waals surface area contributed by atoms with E-state index in [4.69, 9.17) is 4.74 Å². The zero-order chi connectivity index (χ0) is 11.5. The monoisotopic (exact) mass is 208 g/mol. The fraction of sp³-hybridized carbons (Fsp3) is 0.538. The van der Waals surface area contributed by atoms with Crippen molar-refractivity contribution in [2.75, 3.05) is 13.7 Å². The standard InChI is InChI=1S/C13H20O2/c1-10(2)13(14,9-15-4)12-7-5-11(3)6-8-12/h5-8,10,14H,9H2,1-4H3. The second-order valence-electron chi connectivity index (χ2n) is 4.38. The van der Waals surface area contributed by atoms with Crippen molar-refractivity contribution in [1.82, 2.24) is 0 Å². The third-order valence-electron chi connectivity index (χ3n) is 2.87. The summed E-state index contributed by atoms with van der Waals surface area (Å²) in [5, 5.41) is 10.5. The summed E-state index contributed by atoms with van der Waals surface area (Å²) in [7, 11) is 1.61. The van der Waals surface area contributed by atoms with Gasteiger partial charge in [-0.1, -0.05) is 43.7 Å². The van der Waals surface area contributed by atoms with E-state index >= 15 is 0 Å². The maximum absolute atomic E-state index is 10.5. The summed E-state index contributed by atoms with van der Waals surface area (Å²) in [5.74, 6) is 0.125. The highest BCUT2D eigenvalue weighted by Gasteiger charge is 2.32. The number of methoxy groups -OCH3 is 1. The van der Waals surface area contributed by atoms with Crippen molar-refractivity contribution in [3.63, 3.8) is 0 Å². The third kappa shape index (κ3) is 2.58. The molecule has 1 atom stereocenters. The van der Waals surface area contributed by atoms with Crippen LogP contribution in [0.3, 0.4) is 0 Å². The lowest BCUT2D eigenvalue weighted by atomic mass is 9.84. The Morgan fingerprint density at radius 3 is 2.20 bits per heavy atom. The van der Waals surface area contributed by atoms with Gasteiger partial charge in [0.2, 0.25) is 0 Å². The first-order valence-corrected chi connectivity index (χ1v) is 5.29. The number of aryl methyl sites for hydroxylation is 1. The third-order valence-corrected chi connectivity index (χ3v) is 2.87. The molecule has 1 N–H and O–H groups in total. The van der Waals surface area contributed by atoms with Crippen LogP contribution in [-0.4, -0.2) is 18.8 Å². The molecule has 0 radical (unpaired) electrons. The molecule has 0 fully saturated rings. The minimum atomic E-state index is -0.886. The van der Waals surface area contributed by atoms with Gasteiger partial charge in [-0.25, -0.2) is 0 Å². The molecule has 0 heterocycles. The highest BCUT2D eigenvalue weighted by atomic mass is 16.5. The first kappa shape index (κ1) is 12.2. The van der Waals surface area contributed by atoms with E-state index < -0.39 is 5.60 Å². The molecule has 0 aliphatic heterocycles. The van der Waals surface area contributed by atoms with E-state index in [-0.39, 0.29) is 5.92 Å². The summed E-state index contributed by atoms with van der Waals surface area (Å²) in [6.45, 7) is 6.36. The Balaban J connectivity index is 3.04. The predicted octanol–water partition coefficient (Wildman–Crippen LogP) is 2.49. The van der Waals surface area contributed by atoms with Crippen molar-refractivity contribution in [2.24, 2.45) is 5.92 Å². The zero-order valence-electron chi connectivity index (χ0n) is 9.95. The predicted molar refractivity (Wildman–Crippen MR) is 61.8 cm³/mol. The average molecular weight is 208 g/mol. The maximum Gasteiger partial charge on any atom is 0.115 e. The van der Waals surface area contributed by atoms with E-state index in [2.05, 4.69) is 0 Å². The van der Waals surface area contributed by atoms with Crippen LogP contribution < -0.4 is 0 Å². The first-order chi connectivity index (χ1) is 7.00. The van der Waals surface area contributed by atoms with E-state index in [1.54, 1.807) is 7.11 Å². The second-order valence-corrected chi connectivity index (χ2v) is 4.38. The number of aliphatic hydroxyl groups is 1. The second kappa shape index (κ2) is 4.77. The number of benzene rings is 1. The van der Waals surface area contributed by atoms with Crippen molar-refractivity contribution in [1.29, 1.82) is 0 Å². The van der Waals surface area contributed by atoms with Crippen molar-refractivity contribution in [3.05, 3.63) is 35.4 Å². The van der Waals surface area contributed by atoms with Gasteiger partial charge in [-0.2, -0.15) is 0 Å². The highest BCUT2D eigenvalue weighted by Crippen LogP contribution is 2.29. The van der Waals surface area contributed by atoms with E-state index in [9.17, 15) is 5.11 Å². The van der Waals surface area contributed by atoms with Crippen LogP contribution in [0.25, 0.3) is 0 Å². The normalized spacial score (nSPS) is 15.3. The molecular weight excluding hydrogens is 188 g/mol. The summed E-state index contributed by atoms with van der Waals surface area (Å²) in [6, 6.07) is 7.96. The quantitative estimate of drug-likeness (QED) is 0.823. The molecule has 1 unspecified atom stereocenters. The van der Waals surface area contributed by atoms with Gasteiger partial charge in [0.05, 0.1) is 6.61 Å². The van der Waals surface area contributed by atoms with Crippen LogP contribution in [-0.2, 0) is 10.3 Å². The van der Waals surface area contributed by atoms with E-state index in [1.165, 1.54) is 5.56 Å². The fourth-order valence-electron chi connectivity index (χ4n) is 1.65.